The van der Waals surface area contributed by atoms with E-state index in [4.69, 9.17) is 14.2 Å². The van der Waals surface area contributed by atoms with E-state index in [1.54, 1.807) is 0 Å². The maximum atomic E-state index is 12.7. The molecule has 0 spiro atoms. The third-order valence-electron chi connectivity index (χ3n) is 11.3. The molecule has 0 aliphatic carbocycles. The number of rotatable bonds is 45. The van der Waals surface area contributed by atoms with E-state index in [1.165, 1.54) is 167 Å². The van der Waals surface area contributed by atoms with Crippen LogP contribution in [0, 0.1) is 5.92 Å². The maximum absolute atomic E-state index is 12.7. The molecule has 0 amide bonds. The molecule has 6 heteroatoms. The summed E-state index contributed by atoms with van der Waals surface area (Å²) in [5.74, 6) is -0.00954. The summed E-state index contributed by atoms with van der Waals surface area (Å²) in [6.45, 7) is 8.96. The van der Waals surface area contributed by atoms with Gasteiger partial charge in [0.05, 0.1) is 0 Å². The maximum Gasteiger partial charge on any atom is 0.306 e. The van der Waals surface area contributed by atoms with Gasteiger partial charge in [0.2, 0.25) is 0 Å². The van der Waals surface area contributed by atoms with E-state index in [0.717, 1.165) is 70.1 Å². The average molecular weight is 793 g/mol. The molecule has 6 nitrogen and oxygen atoms in total. The van der Waals surface area contributed by atoms with Crippen LogP contribution in [-0.2, 0) is 28.6 Å². The predicted octanol–water partition coefficient (Wildman–Crippen LogP) is 15.9. The SMILES string of the molecule is CCCCCCCCCCCCCCCCC(=O)OC[C@H](COC(=O)CCCCCCC)OC(=O)CCCCCCCCCCCCCCCCCCC(C)C. The zero-order valence-electron chi connectivity index (χ0n) is 38.1. The van der Waals surface area contributed by atoms with Gasteiger partial charge in [-0.2, -0.15) is 0 Å². The number of esters is 3. The highest BCUT2D eigenvalue weighted by Gasteiger charge is 2.19. The summed E-state index contributed by atoms with van der Waals surface area (Å²) in [7, 11) is 0. The van der Waals surface area contributed by atoms with Gasteiger partial charge in [0.15, 0.2) is 6.10 Å². The fourth-order valence-corrected chi connectivity index (χ4v) is 7.51. The number of carbonyl (C=O) groups excluding carboxylic acids is 3. The Kier molecular flexibility index (Phi) is 43.2. The molecule has 0 radical (unpaired) electrons. The van der Waals surface area contributed by atoms with Crippen molar-refractivity contribution in [2.45, 2.75) is 284 Å². The number of hydrogen-bond donors (Lipinski definition) is 0. The smallest absolute Gasteiger partial charge is 0.306 e. The molecule has 0 N–H and O–H groups in total. The quantitative estimate of drug-likeness (QED) is 0.0347. The van der Waals surface area contributed by atoms with Crippen LogP contribution < -0.4 is 0 Å². The van der Waals surface area contributed by atoms with Crippen LogP contribution in [0.2, 0.25) is 0 Å². The highest BCUT2D eigenvalue weighted by Crippen LogP contribution is 2.17. The van der Waals surface area contributed by atoms with Crippen molar-refractivity contribution >= 4 is 17.9 Å². The molecule has 0 saturated carbocycles. The summed E-state index contributed by atoms with van der Waals surface area (Å²) in [4.78, 5) is 37.6. The fourth-order valence-electron chi connectivity index (χ4n) is 7.51. The molecule has 0 aliphatic rings. The van der Waals surface area contributed by atoms with Crippen LogP contribution in [0.25, 0.3) is 0 Å². The van der Waals surface area contributed by atoms with Crippen molar-refractivity contribution in [3.8, 4) is 0 Å². The number of carbonyl (C=O) groups is 3. The molecule has 0 unspecified atom stereocenters. The van der Waals surface area contributed by atoms with E-state index >= 15 is 0 Å². The van der Waals surface area contributed by atoms with Crippen molar-refractivity contribution in [1.82, 2.24) is 0 Å². The minimum atomic E-state index is -0.758. The van der Waals surface area contributed by atoms with E-state index in [0.29, 0.717) is 19.3 Å². The van der Waals surface area contributed by atoms with Crippen molar-refractivity contribution < 1.29 is 28.6 Å². The second-order valence-electron chi connectivity index (χ2n) is 17.6. The molecule has 0 aromatic carbocycles. The van der Waals surface area contributed by atoms with E-state index in [1.807, 2.05) is 0 Å². The highest BCUT2D eigenvalue weighted by atomic mass is 16.6. The van der Waals surface area contributed by atoms with Crippen LogP contribution in [0.4, 0.5) is 0 Å². The average Bonchev–Trinajstić information content (AvgIpc) is 3.18. The van der Waals surface area contributed by atoms with Crippen molar-refractivity contribution in [3.05, 3.63) is 0 Å². The lowest BCUT2D eigenvalue weighted by molar-refractivity contribution is -0.167. The molecule has 0 aromatic heterocycles. The summed E-state index contributed by atoms with van der Waals surface area (Å²) < 4.78 is 16.7. The molecule has 0 heterocycles. The van der Waals surface area contributed by atoms with Crippen LogP contribution >= 0.6 is 0 Å². The van der Waals surface area contributed by atoms with Crippen molar-refractivity contribution in [2.75, 3.05) is 13.2 Å². The Morgan fingerprint density at radius 1 is 0.339 bits per heavy atom. The first-order valence-electron chi connectivity index (χ1n) is 24.9. The number of hydrogen-bond acceptors (Lipinski definition) is 6. The van der Waals surface area contributed by atoms with Crippen molar-refractivity contribution in [3.63, 3.8) is 0 Å². The van der Waals surface area contributed by atoms with Gasteiger partial charge in [-0.05, 0) is 25.2 Å². The molecule has 56 heavy (non-hydrogen) atoms. The van der Waals surface area contributed by atoms with Crippen molar-refractivity contribution in [1.29, 1.82) is 0 Å². The monoisotopic (exact) mass is 793 g/mol. The molecule has 0 rings (SSSR count). The van der Waals surface area contributed by atoms with Gasteiger partial charge in [0, 0.05) is 19.3 Å². The van der Waals surface area contributed by atoms with Gasteiger partial charge in [0.25, 0.3) is 0 Å². The Bertz CT molecular complexity index is 841. The topological polar surface area (TPSA) is 78.9 Å². The number of ether oxygens (including phenoxy) is 3. The van der Waals surface area contributed by atoms with Gasteiger partial charge in [0.1, 0.15) is 13.2 Å². The lowest BCUT2D eigenvalue weighted by Crippen LogP contribution is -2.30. The third-order valence-corrected chi connectivity index (χ3v) is 11.3. The second kappa shape index (κ2) is 44.5. The Hall–Kier alpha value is -1.59. The van der Waals surface area contributed by atoms with Gasteiger partial charge in [-0.25, -0.2) is 0 Å². The second-order valence-corrected chi connectivity index (χ2v) is 17.6. The highest BCUT2D eigenvalue weighted by molar-refractivity contribution is 5.71. The van der Waals surface area contributed by atoms with E-state index in [-0.39, 0.29) is 31.1 Å². The molecule has 0 bridgehead atoms. The summed E-state index contributed by atoms with van der Waals surface area (Å²) in [5, 5.41) is 0. The minimum Gasteiger partial charge on any atom is -0.462 e. The standard InChI is InChI=1S/C50H96O6/c1-5-7-9-11-12-13-14-15-21-24-27-30-34-38-42-49(52)55-45-47(44-54-48(51)41-37-32-10-8-6-2)56-50(53)43-39-35-31-28-25-22-19-17-16-18-20-23-26-29-33-36-40-46(3)4/h46-47H,5-45H2,1-4H3/t47-/m0/s1. The Morgan fingerprint density at radius 3 is 0.875 bits per heavy atom. The molecule has 0 fully saturated rings. The summed E-state index contributed by atoms with van der Waals surface area (Å²) >= 11 is 0. The summed E-state index contributed by atoms with van der Waals surface area (Å²) in [6.07, 6.45) is 45.5. The third kappa shape index (κ3) is 43.5. The Balaban J connectivity index is 4.11. The van der Waals surface area contributed by atoms with Crippen LogP contribution in [0.15, 0.2) is 0 Å². The molecule has 1 atom stereocenters. The Morgan fingerprint density at radius 2 is 0.589 bits per heavy atom. The largest absolute Gasteiger partial charge is 0.462 e. The molecular weight excluding hydrogens is 697 g/mol. The molecule has 0 aromatic rings. The first-order chi connectivity index (χ1) is 27.4. The van der Waals surface area contributed by atoms with Crippen LogP contribution in [0.5, 0.6) is 0 Å². The molecule has 332 valence electrons. The first-order valence-corrected chi connectivity index (χ1v) is 24.9. The zero-order chi connectivity index (χ0) is 41.0. The first kappa shape index (κ1) is 54.4. The molecule has 0 aliphatic heterocycles. The van der Waals surface area contributed by atoms with Gasteiger partial charge in [-0.1, -0.05) is 240 Å². The van der Waals surface area contributed by atoms with Gasteiger partial charge < -0.3 is 14.2 Å². The predicted molar refractivity (Wildman–Crippen MR) is 238 cm³/mol. The normalized spacial score (nSPS) is 11.9. The van der Waals surface area contributed by atoms with Crippen LogP contribution in [0.3, 0.4) is 0 Å². The summed E-state index contributed by atoms with van der Waals surface area (Å²) in [5.41, 5.74) is 0. The molecule has 0 saturated heterocycles. The Labute approximate surface area is 348 Å². The van der Waals surface area contributed by atoms with Crippen LogP contribution in [-0.4, -0.2) is 37.2 Å². The lowest BCUT2D eigenvalue weighted by Gasteiger charge is -2.18. The number of unbranched alkanes of at least 4 members (excludes halogenated alkanes) is 32. The van der Waals surface area contributed by atoms with Crippen LogP contribution in [0.1, 0.15) is 278 Å². The minimum absolute atomic E-state index is 0.0640. The zero-order valence-corrected chi connectivity index (χ0v) is 38.1. The van der Waals surface area contributed by atoms with Gasteiger partial charge >= 0.3 is 17.9 Å². The lowest BCUT2D eigenvalue weighted by atomic mass is 10.0. The van der Waals surface area contributed by atoms with Gasteiger partial charge in [-0.15, -0.1) is 0 Å². The van der Waals surface area contributed by atoms with Crippen molar-refractivity contribution in [2.24, 2.45) is 5.92 Å². The fraction of sp³-hybridized carbons (Fsp3) is 0.940. The van der Waals surface area contributed by atoms with E-state index in [9.17, 15) is 14.4 Å². The van der Waals surface area contributed by atoms with E-state index in [2.05, 4.69) is 27.7 Å². The van der Waals surface area contributed by atoms with E-state index < -0.39 is 6.10 Å². The summed E-state index contributed by atoms with van der Waals surface area (Å²) in [6, 6.07) is 0. The molecular formula is C50H96O6. The van der Waals surface area contributed by atoms with Gasteiger partial charge in [-0.3, -0.25) is 14.4 Å².